The van der Waals surface area contributed by atoms with Crippen molar-refractivity contribution in [3.63, 3.8) is 0 Å². The van der Waals surface area contributed by atoms with Crippen molar-refractivity contribution >= 4 is 39.9 Å². The SMILES string of the molecule is COC(=O)c1sc(N2C(=O)C(=O)/C(=C(\O)c3ccc(OC)c(C)c3)C2c2ccc(O)cc2)nc1C. The Morgan fingerprint density at radius 2 is 1.77 bits per heavy atom. The van der Waals surface area contributed by atoms with E-state index in [0.717, 1.165) is 21.8 Å². The predicted octanol–water partition coefficient (Wildman–Crippen LogP) is 3.89. The van der Waals surface area contributed by atoms with Gasteiger partial charge in [-0.25, -0.2) is 9.78 Å². The van der Waals surface area contributed by atoms with Crippen molar-refractivity contribution < 1.29 is 34.1 Å². The molecule has 0 saturated carbocycles. The van der Waals surface area contributed by atoms with Gasteiger partial charge in [0.1, 0.15) is 22.1 Å². The Bertz CT molecular complexity index is 1370. The van der Waals surface area contributed by atoms with Crippen LogP contribution in [0, 0.1) is 13.8 Å². The van der Waals surface area contributed by atoms with Gasteiger partial charge in [0.2, 0.25) is 0 Å². The van der Waals surface area contributed by atoms with E-state index < -0.39 is 23.7 Å². The third-order valence-corrected chi connectivity index (χ3v) is 6.82. The number of hydrogen-bond acceptors (Lipinski definition) is 9. The number of aromatic hydroxyl groups is 1. The number of carbonyl (C=O) groups excluding carboxylic acids is 3. The molecule has 1 aliphatic heterocycles. The van der Waals surface area contributed by atoms with Gasteiger partial charge in [0.05, 0.1) is 31.5 Å². The summed E-state index contributed by atoms with van der Waals surface area (Å²) in [6.07, 6.45) is 0. The first-order valence-electron chi connectivity index (χ1n) is 10.5. The number of rotatable bonds is 5. The summed E-state index contributed by atoms with van der Waals surface area (Å²) >= 11 is 0.911. The van der Waals surface area contributed by atoms with Crippen LogP contribution in [-0.4, -0.2) is 47.1 Å². The van der Waals surface area contributed by atoms with Crippen molar-refractivity contribution in [3.05, 3.63) is 75.3 Å². The van der Waals surface area contributed by atoms with Gasteiger partial charge in [-0.2, -0.15) is 0 Å². The summed E-state index contributed by atoms with van der Waals surface area (Å²) < 4.78 is 10.1. The van der Waals surface area contributed by atoms with Gasteiger partial charge in [0, 0.05) is 5.56 Å². The van der Waals surface area contributed by atoms with Crippen LogP contribution in [0.3, 0.4) is 0 Å². The lowest BCUT2D eigenvalue weighted by molar-refractivity contribution is -0.132. The van der Waals surface area contributed by atoms with Crippen LogP contribution in [0.5, 0.6) is 11.5 Å². The molecule has 0 spiro atoms. The van der Waals surface area contributed by atoms with Crippen LogP contribution < -0.4 is 9.64 Å². The predicted molar refractivity (Wildman–Crippen MR) is 129 cm³/mol. The van der Waals surface area contributed by atoms with Gasteiger partial charge in [-0.1, -0.05) is 23.5 Å². The third kappa shape index (κ3) is 4.12. The van der Waals surface area contributed by atoms with Crippen LogP contribution in [0.1, 0.15) is 38.1 Å². The molecule has 1 unspecified atom stereocenters. The standard InChI is InChI=1S/C25H22N2O7S/c1-12-11-15(7-10-17(12)33-3)20(29)18-19(14-5-8-16(28)9-6-14)27(23(31)21(18)30)25-26-13(2)22(35-25)24(32)34-4/h5-11,19,28-29H,1-4H3/b20-18-. The molecule has 1 amide bonds. The van der Waals surface area contributed by atoms with Crippen molar-refractivity contribution in [1.82, 2.24) is 4.98 Å². The zero-order chi connectivity index (χ0) is 25.4. The lowest BCUT2D eigenvalue weighted by Crippen LogP contribution is -2.29. The summed E-state index contributed by atoms with van der Waals surface area (Å²) in [4.78, 5) is 44.3. The van der Waals surface area contributed by atoms with Crippen LogP contribution in [0.2, 0.25) is 0 Å². The number of aryl methyl sites for hydroxylation is 2. The topological polar surface area (TPSA) is 126 Å². The van der Waals surface area contributed by atoms with Gasteiger partial charge in [-0.15, -0.1) is 0 Å². The third-order valence-electron chi connectivity index (χ3n) is 5.68. The second-order valence-corrected chi connectivity index (χ2v) is 8.83. The molecule has 1 fully saturated rings. The van der Waals surface area contributed by atoms with Crippen LogP contribution >= 0.6 is 11.3 Å². The summed E-state index contributed by atoms with van der Waals surface area (Å²) in [5.74, 6) is -2.18. The number of aliphatic hydroxyl groups is 1. The molecule has 2 heterocycles. The second kappa shape index (κ2) is 9.22. The molecular formula is C25H22N2O7S. The van der Waals surface area contributed by atoms with Crippen molar-refractivity contribution in [2.75, 3.05) is 19.1 Å². The van der Waals surface area contributed by atoms with E-state index in [1.54, 1.807) is 44.2 Å². The first-order valence-corrected chi connectivity index (χ1v) is 11.3. The summed E-state index contributed by atoms with van der Waals surface area (Å²) in [6, 6.07) is 9.78. The monoisotopic (exact) mass is 494 g/mol. The molecule has 3 aromatic rings. The largest absolute Gasteiger partial charge is 0.508 e. The molecule has 0 radical (unpaired) electrons. The number of ketones is 1. The number of benzene rings is 2. The Hall–Kier alpha value is -4.18. The summed E-state index contributed by atoms with van der Waals surface area (Å²) in [5, 5.41) is 21.1. The quantitative estimate of drug-likeness (QED) is 0.237. The van der Waals surface area contributed by atoms with E-state index in [1.165, 1.54) is 26.4 Å². The minimum Gasteiger partial charge on any atom is -0.508 e. The highest BCUT2D eigenvalue weighted by atomic mass is 32.1. The Kier molecular flexibility index (Phi) is 6.31. The Morgan fingerprint density at radius 1 is 1.09 bits per heavy atom. The van der Waals surface area contributed by atoms with Gasteiger partial charge in [0.25, 0.3) is 5.78 Å². The van der Waals surface area contributed by atoms with Gasteiger partial charge in [0.15, 0.2) is 5.13 Å². The second-order valence-electron chi connectivity index (χ2n) is 7.85. The van der Waals surface area contributed by atoms with E-state index in [4.69, 9.17) is 9.47 Å². The van der Waals surface area contributed by atoms with Crippen molar-refractivity contribution in [2.24, 2.45) is 0 Å². The minimum absolute atomic E-state index is 0.00505. The number of carbonyl (C=O) groups is 3. The zero-order valence-corrected chi connectivity index (χ0v) is 20.2. The van der Waals surface area contributed by atoms with E-state index in [-0.39, 0.29) is 27.1 Å². The first-order chi connectivity index (χ1) is 16.7. The van der Waals surface area contributed by atoms with Gasteiger partial charge in [-0.05, 0) is 55.3 Å². The molecule has 180 valence electrons. The van der Waals surface area contributed by atoms with Gasteiger partial charge in [-0.3, -0.25) is 14.5 Å². The van der Waals surface area contributed by atoms with E-state index in [1.807, 2.05) is 0 Å². The number of Topliss-reactive ketones (excluding diaryl/α,β-unsaturated/α-hetero) is 1. The highest BCUT2D eigenvalue weighted by Gasteiger charge is 2.48. The molecule has 10 heteroatoms. The fourth-order valence-corrected chi connectivity index (χ4v) is 4.96. The highest BCUT2D eigenvalue weighted by Crippen LogP contribution is 2.44. The van der Waals surface area contributed by atoms with Crippen molar-refractivity contribution in [2.45, 2.75) is 19.9 Å². The molecule has 9 nitrogen and oxygen atoms in total. The lowest BCUT2D eigenvalue weighted by atomic mass is 9.95. The fourth-order valence-electron chi connectivity index (χ4n) is 3.95. The van der Waals surface area contributed by atoms with Crippen LogP contribution in [0.4, 0.5) is 5.13 Å². The maximum Gasteiger partial charge on any atom is 0.350 e. The number of phenolic OH excluding ortho intramolecular Hbond substituents is 1. The number of hydrogen-bond donors (Lipinski definition) is 2. The first kappa shape index (κ1) is 24.0. The van der Waals surface area contributed by atoms with Crippen LogP contribution in [0.15, 0.2) is 48.0 Å². The number of ether oxygens (including phenoxy) is 2. The number of anilines is 1. The number of methoxy groups -OCH3 is 2. The maximum absolute atomic E-state index is 13.2. The molecule has 2 aromatic carbocycles. The average Bonchev–Trinajstić information content (AvgIpc) is 3.35. The molecule has 35 heavy (non-hydrogen) atoms. The molecule has 0 bridgehead atoms. The molecular weight excluding hydrogens is 472 g/mol. The maximum atomic E-state index is 13.2. The van der Waals surface area contributed by atoms with Crippen molar-refractivity contribution in [1.29, 1.82) is 0 Å². The molecule has 4 rings (SSSR count). The number of phenols is 1. The lowest BCUT2D eigenvalue weighted by Gasteiger charge is -2.23. The average molecular weight is 495 g/mol. The number of thiazole rings is 1. The molecule has 2 N–H and O–H groups in total. The Morgan fingerprint density at radius 3 is 2.37 bits per heavy atom. The number of aromatic nitrogens is 1. The molecule has 1 aromatic heterocycles. The number of amides is 1. The van der Waals surface area contributed by atoms with Crippen LogP contribution in [-0.2, 0) is 14.3 Å². The summed E-state index contributed by atoms with van der Waals surface area (Å²) in [6.45, 7) is 3.39. The van der Waals surface area contributed by atoms with E-state index >= 15 is 0 Å². The molecule has 1 saturated heterocycles. The number of esters is 1. The molecule has 1 atom stereocenters. The van der Waals surface area contributed by atoms with Gasteiger partial charge >= 0.3 is 11.9 Å². The Balaban J connectivity index is 1.93. The van der Waals surface area contributed by atoms with Crippen molar-refractivity contribution in [3.8, 4) is 11.5 Å². The Labute approximate surface area is 204 Å². The van der Waals surface area contributed by atoms with E-state index in [9.17, 15) is 24.6 Å². The summed E-state index contributed by atoms with van der Waals surface area (Å²) in [5.41, 5.74) is 1.72. The number of aliphatic hydroxyl groups excluding tert-OH is 1. The zero-order valence-electron chi connectivity index (χ0n) is 19.4. The molecule has 0 aliphatic carbocycles. The number of nitrogens with zero attached hydrogens (tertiary/aromatic N) is 2. The van der Waals surface area contributed by atoms with E-state index in [2.05, 4.69) is 4.98 Å². The van der Waals surface area contributed by atoms with Crippen LogP contribution in [0.25, 0.3) is 5.76 Å². The minimum atomic E-state index is -1.05. The normalized spacial score (nSPS) is 17.0. The highest BCUT2D eigenvalue weighted by molar-refractivity contribution is 7.17. The fraction of sp³-hybridized carbons (Fsp3) is 0.200. The van der Waals surface area contributed by atoms with Gasteiger partial charge < -0.3 is 19.7 Å². The van der Waals surface area contributed by atoms with E-state index in [0.29, 0.717) is 22.6 Å². The molecule has 1 aliphatic rings. The summed E-state index contributed by atoms with van der Waals surface area (Å²) in [7, 11) is 2.76. The smallest absolute Gasteiger partial charge is 0.350 e.